The fraction of sp³-hybridized carbons (Fsp3) is 0.294. The molecule has 2 aromatic carbocycles. The minimum absolute atomic E-state index is 0.103. The number of hydrogen-bond acceptors (Lipinski definition) is 1. The monoisotopic (exact) mass is 369 g/mol. The number of aryl methyl sites for hydroxylation is 1. The maximum Gasteiger partial charge on any atom is 0.137 e. The second-order valence-electron chi connectivity index (χ2n) is 5.04. The highest BCUT2D eigenvalue weighted by Gasteiger charge is 2.15. The smallest absolute Gasteiger partial charge is 0.137 e. The highest BCUT2D eigenvalue weighted by molar-refractivity contribution is 9.10. The van der Waals surface area contributed by atoms with Crippen molar-refractivity contribution in [1.82, 2.24) is 5.32 Å². The first-order chi connectivity index (χ1) is 10.0. The van der Waals surface area contributed by atoms with Crippen molar-refractivity contribution in [2.24, 2.45) is 0 Å². The molecular formula is C17H18BrClFN. The molecule has 0 aliphatic rings. The molecule has 2 aromatic rings. The summed E-state index contributed by atoms with van der Waals surface area (Å²) in [6.07, 6.45) is 0.700. The maximum absolute atomic E-state index is 13.6. The maximum atomic E-state index is 13.6. The summed E-state index contributed by atoms with van der Waals surface area (Å²) < 4.78 is 14.2. The molecule has 1 N–H and O–H groups in total. The number of halogens is 3. The van der Waals surface area contributed by atoms with Crippen LogP contribution in [0.4, 0.5) is 4.39 Å². The summed E-state index contributed by atoms with van der Waals surface area (Å²) in [5.41, 5.74) is 3.11. The summed E-state index contributed by atoms with van der Waals surface area (Å²) in [5, 5.41) is 4.20. The minimum atomic E-state index is -0.232. The molecule has 0 aliphatic carbocycles. The van der Waals surface area contributed by atoms with Gasteiger partial charge < -0.3 is 5.32 Å². The number of hydrogen-bond donors (Lipinski definition) is 1. The van der Waals surface area contributed by atoms with Crippen molar-refractivity contribution in [3.63, 3.8) is 0 Å². The van der Waals surface area contributed by atoms with E-state index in [1.165, 1.54) is 6.07 Å². The van der Waals surface area contributed by atoms with Crippen LogP contribution in [0.2, 0.25) is 5.02 Å². The van der Waals surface area contributed by atoms with Gasteiger partial charge in [0.25, 0.3) is 0 Å². The lowest BCUT2D eigenvalue weighted by Crippen LogP contribution is -2.23. The van der Waals surface area contributed by atoms with Gasteiger partial charge in [-0.15, -0.1) is 0 Å². The average Bonchev–Trinajstić information content (AvgIpc) is 2.46. The third kappa shape index (κ3) is 4.06. The summed E-state index contributed by atoms with van der Waals surface area (Å²) in [6, 6.07) is 11.3. The molecule has 0 saturated carbocycles. The van der Waals surface area contributed by atoms with Crippen LogP contribution in [-0.2, 0) is 6.42 Å². The first kappa shape index (κ1) is 16.5. The predicted octanol–water partition coefficient (Wildman–Crippen LogP) is 5.44. The minimum Gasteiger partial charge on any atom is -0.310 e. The van der Waals surface area contributed by atoms with Crippen molar-refractivity contribution < 1.29 is 4.39 Å². The van der Waals surface area contributed by atoms with Crippen LogP contribution in [0, 0.1) is 12.7 Å². The molecule has 0 fully saturated rings. The van der Waals surface area contributed by atoms with E-state index in [-0.39, 0.29) is 11.9 Å². The van der Waals surface area contributed by atoms with Crippen LogP contribution in [-0.4, -0.2) is 6.54 Å². The summed E-state index contributed by atoms with van der Waals surface area (Å²) >= 11 is 9.55. The molecule has 4 heteroatoms. The van der Waals surface area contributed by atoms with E-state index < -0.39 is 0 Å². The standard InChI is InChI=1S/C17H18BrClFN/c1-3-21-16(12-8-7-11(2)14(19)9-12)10-13-5-4-6-15(20)17(13)18/h4-9,16,21H,3,10H2,1-2H3. The molecule has 0 saturated heterocycles. The van der Waals surface area contributed by atoms with E-state index in [0.29, 0.717) is 10.9 Å². The molecule has 0 aliphatic heterocycles. The molecule has 0 aromatic heterocycles. The Kier molecular flexibility index (Phi) is 5.80. The van der Waals surface area contributed by atoms with Gasteiger partial charge in [0, 0.05) is 11.1 Å². The highest BCUT2D eigenvalue weighted by Crippen LogP contribution is 2.28. The van der Waals surface area contributed by atoms with E-state index in [1.807, 2.05) is 25.1 Å². The lowest BCUT2D eigenvalue weighted by molar-refractivity contribution is 0.544. The fourth-order valence-corrected chi connectivity index (χ4v) is 2.92. The zero-order valence-corrected chi connectivity index (χ0v) is 14.4. The van der Waals surface area contributed by atoms with Gasteiger partial charge in [-0.3, -0.25) is 0 Å². The van der Waals surface area contributed by atoms with Crippen LogP contribution in [0.1, 0.15) is 29.7 Å². The summed E-state index contributed by atoms with van der Waals surface area (Å²) in [6.45, 7) is 4.88. The Labute approximate surface area is 138 Å². The Hall–Kier alpha value is -0.900. The van der Waals surface area contributed by atoms with Gasteiger partial charge in [0.1, 0.15) is 5.82 Å². The van der Waals surface area contributed by atoms with Crippen LogP contribution in [0.15, 0.2) is 40.9 Å². The van der Waals surface area contributed by atoms with Gasteiger partial charge in [-0.05, 0) is 64.6 Å². The van der Waals surface area contributed by atoms with Gasteiger partial charge in [-0.1, -0.05) is 42.8 Å². The fourth-order valence-electron chi connectivity index (χ4n) is 2.31. The van der Waals surface area contributed by atoms with Gasteiger partial charge in [-0.25, -0.2) is 4.39 Å². The first-order valence-corrected chi connectivity index (χ1v) is 8.12. The van der Waals surface area contributed by atoms with Gasteiger partial charge in [0.2, 0.25) is 0 Å². The number of rotatable bonds is 5. The molecule has 0 bridgehead atoms. The van der Waals surface area contributed by atoms with Gasteiger partial charge in [0.05, 0.1) is 4.47 Å². The molecule has 21 heavy (non-hydrogen) atoms. The van der Waals surface area contributed by atoms with E-state index in [9.17, 15) is 4.39 Å². The molecule has 1 nitrogen and oxygen atoms in total. The quantitative estimate of drug-likeness (QED) is 0.738. The largest absolute Gasteiger partial charge is 0.310 e. The zero-order valence-electron chi connectivity index (χ0n) is 12.1. The van der Waals surface area contributed by atoms with E-state index >= 15 is 0 Å². The van der Waals surface area contributed by atoms with E-state index in [1.54, 1.807) is 6.07 Å². The second kappa shape index (κ2) is 7.39. The van der Waals surface area contributed by atoms with Crippen molar-refractivity contribution in [1.29, 1.82) is 0 Å². The lowest BCUT2D eigenvalue weighted by Gasteiger charge is -2.20. The normalized spacial score (nSPS) is 12.4. The number of benzene rings is 2. The van der Waals surface area contributed by atoms with Gasteiger partial charge in [0.15, 0.2) is 0 Å². The Morgan fingerprint density at radius 3 is 2.71 bits per heavy atom. The molecule has 1 atom stereocenters. The van der Waals surface area contributed by atoms with E-state index in [0.717, 1.165) is 28.3 Å². The third-order valence-corrected chi connectivity index (χ3v) is 4.80. The molecule has 112 valence electrons. The first-order valence-electron chi connectivity index (χ1n) is 6.95. The molecule has 0 spiro atoms. The van der Waals surface area contributed by atoms with Crippen molar-refractivity contribution in [3.8, 4) is 0 Å². The Morgan fingerprint density at radius 2 is 2.05 bits per heavy atom. The average molecular weight is 371 g/mol. The topological polar surface area (TPSA) is 12.0 Å². The zero-order chi connectivity index (χ0) is 15.4. The number of likely N-dealkylation sites (N-methyl/N-ethyl adjacent to an activating group) is 1. The van der Waals surface area contributed by atoms with E-state index in [4.69, 9.17) is 11.6 Å². The van der Waals surface area contributed by atoms with Crippen molar-refractivity contribution in [2.75, 3.05) is 6.54 Å². The lowest BCUT2D eigenvalue weighted by atomic mass is 9.98. The van der Waals surface area contributed by atoms with Crippen molar-refractivity contribution in [3.05, 3.63) is 68.4 Å². The SMILES string of the molecule is CCNC(Cc1cccc(F)c1Br)c1ccc(C)c(Cl)c1. The third-order valence-electron chi connectivity index (χ3n) is 3.50. The molecule has 1 unspecified atom stereocenters. The van der Waals surface area contributed by atoms with E-state index in [2.05, 4.69) is 34.2 Å². The van der Waals surface area contributed by atoms with Crippen molar-refractivity contribution >= 4 is 27.5 Å². The Bertz CT molecular complexity index is 630. The molecular weight excluding hydrogens is 353 g/mol. The number of nitrogens with one attached hydrogen (secondary N) is 1. The van der Waals surface area contributed by atoms with Gasteiger partial charge in [-0.2, -0.15) is 0 Å². The van der Waals surface area contributed by atoms with Crippen LogP contribution < -0.4 is 5.32 Å². The van der Waals surface area contributed by atoms with Crippen LogP contribution in [0.25, 0.3) is 0 Å². The second-order valence-corrected chi connectivity index (χ2v) is 6.24. The molecule has 2 rings (SSSR count). The summed E-state index contributed by atoms with van der Waals surface area (Å²) in [7, 11) is 0. The highest BCUT2D eigenvalue weighted by atomic mass is 79.9. The summed E-state index contributed by atoms with van der Waals surface area (Å²) in [5.74, 6) is -0.232. The molecule has 0 heterocycles. The molecule has 0 amide bonds. The predicted molar refractivity (Wildman–Crippen MR) is 90.4 cm³/mol. The van der Waals surface area contributed by atoms with Crippen LogP contribution in [0.5, 0.6) is 0 Å². The van der Waals surface area contributed by atoms with Gasteiger partial charge >= 0.3 is 0 Å². The van der Waals surface area contributed by atoms with Crippen LogP contribution in [0.3, 0.4) is 0 Å². The Balaban J connectivity index is 2.30. The van der Waals surface area contributed by atoms with Crippen LogP contribution >= 0.6 is 27.5 Å². The Morgan fingerprint density at radius 1 is 1.29 bits per heavy atom. The summed E-state index contributed by atoms with van der Waals surface area (Å²) in [4.78, 5) is 0. The van der Waals surface area contributed by atoms with Crippen molar-refractivity contribution in [2.45, 2.75) is 26.3 Å². The molecule has 0 radical (unpaired) electrons.